The van der Waals surface area contributed by atoms with Crippen molar-refractivity contribution in [2.75, 3.05) is 7.05 Å². The lowest BCUT2D eigenvalue weighted by atomic mass is 10.1. The predicted molar refractivity (Wildman–Crippen MR) is 88.2 cm³/mol. The first-order valence-corrected chi connectivity index (χ1v) is 7.52. The number of hydrogen-bond donors (Lipinski definition) is 0. The summed E-state index contributed by atoms with van der Waals surface area (Å²) in [5, 5.41) is 1.22. The molecule has 0 aliphatic heterocycles. The summed E-state index contributed by atoms with van der Waals surface area (Å²) in [5.74, 6) is -0.399. The van der Waals surface area contributed by atoms with Crippen molar-refractivity contribution in [2.45, 2.75) is 13.5 Å². The SMILES string of the molecule is Cc1c(C(=O)N(C)Cc2ccccc2Cl)oc2ccc(F)cc12. The van der Waals surface area contributed by atoms with Crippen LogP contribution in [0.1, 0.15) is 21.7 Å². The van der Waals surface area contributed by atoms with E-state index in [-0.39, 0.29) is 17.5 Å². The summed E-state index contributed by atoms with van der Waals surface area (Å²) in [6.45, 7) is 2.12. The summed E-state index contributed by atoms with van der Waals surface area (Å²) in [6, 6.07) is 11.6. The monoisotopic (exact) mass is 331 g/mol. The van der Waals surface area contributed by atoms with E-state index >= 15 is 0 Å². The molecule has 0 N–H and O–H groups in total. The molecule has 2 aromatic carbocycles. The summed E-state index contributed by atoms with van der Waals surface area (Å²) < 4.78 is 19.0. The Morgan fingerprint density at radius 3 is 2.74 bits per heavy atom. The zero-order chi connectivity index (χ0) is 16.6. The van der Waals surface area contributed by atoms with E-state index < -0.39 is 0 Å². The number of amides is 1. The zero-order valence-electron chi connectivity index (χ0n) is 12.8. The second-order valence-corrected chi connectivity index (χ2v) is 5.86. The van der Waals surface area contributed by atoms with Gasteiger partial charge < -0.3 is 9.32 Å². The van der Waals surface area contributed by atoms with Gasteiger partial charge in [-0.2, -0.15) is 0 Å². The molecule has 1 amide bonds. The van der Waals surface area contributed by atoms with E-state index in [0.717, 1.165) is 5.56 Å². The highest BCUT2D eigenvalue weighted by molar-refractivity contribution is 6.31. The molecule has 23 heavy (non-hydrogen) atoms. The van der Waals surface area contributed by atoms with Crippen LogP contribution < -0.4 is 0 Å². The minimum Gasteiger partial charge on any atom is -0.451 e. The number of hydrogen-bond acceptors (Lipinski definition) is 2. The molecule has 0 fully saturated rings. The van der Waals surface area contributed by atoms with Gasteiger partial charge in [0.2, 0.25) is 0 Å². The second-order valence-electron chi connectivity index (χ2n) is 5.45. The van der Waals surface area contributed by atoms with Gasteiger partial charge in [-0.1, -0.05) is 29.8 Å². The smallest absolute Gasteiger partial charge is 0.289 e. The lowest BCUT2D eigenvalue weighted by Gasteiger charge is -2.17. The van der Waals surface area contributed by atoms with Gasteiger partial charge in [-0.25, -0.2) is 4.39 Å². The van der Waals surface area contributed by atoms with Gasteiger partial charge in [0, 0.05) is 29.6 Å². The maximum absolute atomic E-state index is 13.4. The van der Waals surface area contributed by atoms with Crippen molar-refractivity contribution >= 4 is 28.5 Å². The molecule has 0 unspecified atom stereocenters. The normalized spacial score (nSPS) is 11.0. The number of halogens is 2. The minimum absolute atomic E-state index is 0.222. The molecule has 0 atom stereocenters. The Kier molecular flexibility index (Phi) is 4.09. The van der Waals surface area contributed by atoms with Gasteiger partial charge in [-0.15, -0.1) is 0 Å². The molecule has 3 nitrogen and oxygen atoms in total. The number of benzene rings is 2. The molecular weight excluding hydrogens is 317 g/mol. The molecular formula is C18H15ClFNO2. The van der Waals surface area contributed by atoms with Crippen LogP contribution in [0.25, 0.3) is 11.0 Å². The Labute approximate surface area is 138 Å². The standard InChI is InChI=1S/C18H15ClFNO2/c1-11-14-9-13(20)7-8-16(14)23-17(11)18(22)21(2)10-12-5-3-4-6-15(12)19/h3-9H,10H2,1-2H3. The Hall–Kier alpha value is -2.33. The minimum atomic E-state index is -0.357. The van der Waals surface area contributed by atoms with Crippen LogP contribution in [0, 0.1) is 12.7 Å². The lowest BCUT2D eigenvalue weighted by Crippen LogP contribution is -2.26. The third-order valence-corrected chi connectivity index (χ3v) is 4.17. The van der Waals surface area contributed by atoms with E-state index in [1.807, 2.05) is 18.2 Å². The van der Waals surface area contributed by atoms with Crippen molar-refractivity contribution in [1.29, 1.82) is 0 Å². The predicted octanol–water partition coefficient (Wildman–Crippen LogP) is 4.81. The summed E-state index contributed by atoms with van der Waals surface area (Å²) in [6.07, 6.45) is 0. The van der Waals surface area contributed by atoms with Crippen LogP contribution in [0.2, 0.25) is 5.02 Å². The largest absolute Gasteiger partial charge is 0.451 e. The van der Waals surface area contributed by atoms with E-state index in [1.54, 1.807) is 20.0 Å². The van der Waals surface area contributed by atoms with E-state index in [0.29, 0.717) is 28.1 Å². The zero-order valence-corrected chi connectivity index (χ0v) is 13.5. The maximum atomic E-state index is 13.4. The molecule has 3 aromatic rings. The molecule has 5 heteroatoms. The third kappa shape index (κ3) is 2.94. The van der Waals surface area contributed by atoms with Crippen molar-refractivity contribution in [3.8, 4) is 0 Å². The fourth-order valence-corrected chi connectivity index (χ4v) is 2.72. The van der Waals surface area contributed by atoms with Crippen LogP contribution in [0.4, 0.5) is 4.39 Å². The Morgan fingerprint density at radius 1 is 1.26 bits per heavy atom. The topological polar surface area (TPSA) is 33.5 Å². The number of aryl methyl sites for hydroxylation is 1. The Bertz CT molecular complexity index is 888. The first kappa shape index (κ1) is 15.6. The molecule has 0 bridgehead atoms. The quantitative estimate of drug-likeness (QED) is 0.690. The highest BCUT2D eigenvalue weighted by atomic mass is 35.5. The van der Waals surface area contributed by atoms with Gasteiger partial charge >= 0.3 is 0 Å². The average molecular weight is 332 g/mol. The summed E-state index contributed by atoms with van der Waals surface area (Å²) in [4.78, 5) is 14.2. The number of nitrogens with zero attached hydrogens (tertiary/aromatic N) is 1. The molecule has 0 saturated carbocycles. The van der Waals surface area contributed by atoms with Crippen molar-refractivity contribution in [2.24, 2.45) is 0 Å². The number of fused-ring (bicyclic) bond motifs is 1. The average Bonchev–Trinajstić information content (AvgIpc) is 2.85. The highest BCUT2D eigenvalue weighted by Gasteiger charge is 2.21. The van der Waals surface area contributed by atoms with Gasteiger partial charge in [0.15, 0.2) is 5.76 Å². The van der Waals surface area contributed by atoms with Gasteiger partial charge in [-0.3, -0.25) is 4.79 Å². The van der Waals surface area contributed by atoms with Gasteiger partial charge in [-0.05, 0) is 36.8 Å². The van der Waals surface area contributed by atoms with Crippen molar-refractivity contribution in [3.05, 3.63) is 70.2 Å². The summed E-state index contributed by atoms with van der Waals surface area (Å²) in [5.41, 5.74) is 1.98. The maximum Gasteiger partial charge on any atom is 0.289 e. The van der Waals surface area contributed by atoms with Crippen LogP contribution >= 0.6 is 11.6 Å². The summed E-state index contributed by atoms with van der Waals surface area (Å²) in [7, 11) is 1.68. The Balaban J connectivity index is 1.91. The Morgan fingerprint density at radius 2 is 2.00 bits per heavy atom. The van der Waals surface area contributed by atoms with Crippen LogP contribution in [0.15, 0.2) is 46.9 Å². The fraction of sp³-hybridized carbons (Fsp3) is 0.167. The fourth-order valence-electron chi connectivity index (χ4n) is 2.52. The van der Waals surface area contributed by atoms with Crippen molar-refractivity contribution in [3.63, 3.8) is 0 Å². The first-order valence-electron chi connectivity index (χ1n) is 7.15. The van der Waals surface area contributed by atoms with Gasteiger partial charge in [0.1, 0.15) is 11.4 Å². The molecule has 0 saturated heterocycles. The van der Waals surface area contributed by atoms with Crippen molar-refractivity contribution < 1.29 is 13.6 Å². The van der Waals surface area contributed by atoms with E-state index in [4.69, 9.17) is 16.0 Å². The molecule has 3 rings (SSSR count). The van der Waals surface area contributed by atoms with Crippen LogP contribution in [-0.2, 0) is 6.54 Å². The van der Waals surface area contributed by atoms with Crippen LogP contribution in [0.3, 0.4) is 0 Å². The molecule has 0 aliphatic rings. The van der Waals surface area contributed by atoms with E-state index in [1.165, 1.54) is 23.1 Å². The molecule has 0 radical (unpaired) electrons. The summed E-state index contributed by atoms with van der Waals surface area (Å²) >= 11 is 6.13. The van der Waals surface area contributed by atoms with Crippen LogP contribution in [0.5, 0.6) is 0 Å². The molecule has 1 heterocycles. The molecule has 0 aliphatic carbocycles. The first-order chi connectivity index (χ1) is 11.0. The number of carbonyl (C=O) groups excluding carboxylic acids is 1. The third-order valence-electron chi connectivity index (χ3n) is 3.80. The van der Waals surface area contributed by atoms with Crippen LogP contribution in [-0.4, -0.2) is 17.9 Å². The van der Waals surface area contributed by atoms with Crippen molar-refractivity contribution in [1.82, 2.24) is 4.90 Å². The lowest BCUT2D eigenvalue weighted by molar-refractivity contribution is 0.0755. The molecule has 118 valence electrons. The number of rotatable bonds is 3. The highest BCUT2D eigenvalue weighted by Crippen LogP contribution is 2.27. The molecule has 0 spiro atoms. The van der Waals surface area contributed by atoms with E-state index in [2.05, 4.69) is 0 Å². The number of carbonyl (C=O) groups is 1. The number of furan rings is 1. The second kappa shape index (κ2) is 6.05. The van der Waals surface area contributed by atoms with E-state index in [9.17, 15) is 9.18 Å². The van der Waals surface area contributed by atoms with Gasteiger partial charge in [0.25, 0.3) is 5.91 Å². The molecule has 1 aromatic heterocycles. The van der Waals surface area contributed by atoms with Gasteiger partial charge in [0.05, 0.1) is 0 Å².